The smallest absolute Gasteiger partial charge is 0.245 e. The Morgan fingerprint density at radius 1 is 0.637 bits per heavy atom. The van der Waals surface area contributed by atoms with Gasteiger partial charge in [0.05, 0.1) is 19.3 Å². The van der Waals surface area contributed by atoms with E-state index in [4.69, 9.17) is 11.5 Å². The summed E-state index contributed by atoms with van der Waals surface area (Å²) in [6.07, 6.45) is 10.0. The van der Waals surface area contributed by atoms with Gasteiger partial charge in [0.15, 0.2) is 5.96 Å². The Hall–Kier alpha value is -10.1. The molecule has 9 atom stereocenters. The molecule has 2 fully saturated rings. The van der Waals surface area contributed by atoms with E-state index in [9.17, 15) is 53.1 Å². The van der Waals surface area contributed by atoms with Gasteiger partial charge in [-0.2, -0.15) is 0 Å². The molecule has 0 spiro atoms. The van der Waals surface area contributed by atoms with Crippen molar-refractivity contribution in [2.75, 3.05) is 26.2 Å². The van der Waals surface area contributed by atoms with Crippen LogP contribution in [0.4, 0.5) is 0 Å². The summed E-state index contributed by atoms with van der Waals surface area (Å²) in [5.41, 5.74) is 14.7. The molecule has 6 heterocycles. The van der Waals surface area contributed by atoms with Crippen LogP contribution in [0.2, 0.25) is 0 Å². The number of aromatic nitrogens is 6. The van der Waals surface area contributed by atoms with Crippen LogP contribution in [0.1, 0.15) is 88.2 Å². The van der Waals surface area contributed by atoms with E-state index in [1.165, 1.54) is 29.9 Å². The Morgan fingerprint density at radius 2 is 1.13 bits per heavy atom. The Labute approximate surface area is 523 Å². The van der Waals surface area contributed by atoms with Crippen LogP contribution in [0.15, 0.2) is 91.0 Å². The van der Waals surface area contributed by atoms with E-state index in [-0.39, 0.29) is 94.6 Å². The lowest BCUT2D eigenvalue weighted by molar-refractivity contribution is -0.142. The Morgan fingerprint density at radius 3 is 1.63 bits per heavy atom. The Kier molecular flexibility index (Phi) is 23.4. The number of aliphatic hydroxyl groups is 1. The third kappa shape index (κ3) is 18.3. The highest BCUT2D eigenvalue weighted by Gasteiger charge is 2.40. The third-order valence-electron chi connectivity index (χ3n) is 15.9. The van der Waals surface area contributed by atoms with Gasteiger partial charge in [-0.15, -0.1) is 0 Å². The van der Waals surface area contributed by atoms with Gasteiger partial charge in [-0.1, -0.05) is 50.2 Å². The minimum atomic E-state index is -1.75. The van der Waals surface area contributed by atoms with Gasteiger partial charge in [0, 0.05) is 110 Å². The lowest BCUT2D eigenvalue weighted by Gasteiger charge is -2.30. The number of aromatic amines is 4. The molecule has 0 aliphatic carbocycles. The first-order valence-electron chi connectivity index (χ1n) is 30.5. The summed E-state index contributed by atoms with van der Waals surface area (Å²) in [4.78, 5) is 167. The monoisotopic (exact) mass is 1260 g/mol. The number of imidazole rings is 2. The van der Waals surface area contributed by atoms with Gasteiger partial charge in [0.1, 0.15) is 54.4 Å². The van der Waals surface area contributed by atoms with Gasteiger partial charge in [-0.25, -0.2) is 9.97 Å². The lowest BCUT2D eigenvalue weighted by atomic mass is 9.99. The number of fused-ring (bicyclic) bond motifs is 2. The molecular formula is C61H81N19O11. The van der Waals surface area contributed by atoms with Gasteiger partial charge in [-0.05, 0) is 74.6 Å². The molecule has 2 aliphatic rings. The fraction of sp³-hybridized carbons (Fsp3) is 0.459. The SMILES string of the molecule is CCNC(=O)[C@@H]1CCCN1C(=O)[C@H](CCCN=C(N)N)NC(=O)[C@H](Cc1c[nH]c2ccccc12)NC(=O)[C@@H](CC(C)C)NC(=O)[C@H](Cc1cnc[nH]1)NC(=O)[C@H](CO)NC(=O)[C@H](Cc1c[nH]c2ccccc12)NC(=O)[C@H](Cc1cnc[nH]1)NC(=O)[C@@H]1CCC(=O)N1. The van der Waals surface area contributed by atoms with Gasteiger partial charge >= 0.3 is 0 Å². The number of likely N-dealkylation sites (tertiary alicyclic amines) is 1. The van der Waals surface area contributed by atoms with Crippen molar-refractivity contribution in [3.05, 3.63) is 108 Å². The van der Waals surface area contributed by atoms with Gasteiger partial charge in [-0.3, -0.25) is 52.9 Å². The quantitative estimate of drug-likeness (QED) is 0.0127. The molecule has 0 bridgehead atoms. The average Bonchev–Trinajstić information content (AvgIpc) is 1.90. The molecule has 4 aromatic heterocycles. The van der Waals surface area contributed by atoms with Crippen molar-refractivity contribution in [1.29, 1.82) is 0 Å². The number of hydrogen-bond donors (Lipinski definition) is 16. The van der Waals surface area contributed by atoms with Crippen LogP contribution in [-0.2, 0) is 73.6 Å². The minimum Gasteiger partial charge on any atom is -0.394 e. The highest BCUT2D eigenvalue weighted by atomic mass is 16.3. The van der Waals surface area contributed by atoms with Crippen LogP contribution in [0.5, 0.6) is 0 Å². The summed E-state index contributed by atoms with van der Waals surface area (Å²) in [6, 6.07) is 2.96. The number of nitrogens with one attached hydrogen (secondary N) is 13. The van der Waals surface area contributed by atoms with Crippen molar-refractivity contribution in [1.82, 2.24) is 82.7 Å². The van der Waals surface area contributed by atoms with Crippen molar-refractivity contribution in [3.63, 3.8) is 0 Å². The van der Waals surface area contributed by atoms with Crippen molar-refractivity contribution < 1.29 is 53.1 Å². The molecule has 2 aromatic carbocycles. The molecule has 91 heavy (non-hydrogen) atoms. The van der Waals surface area contributed by atoms with Crippen molar-refractivity contribution >= 4 is 86.8 Å². The van der Waals surface area contributed by atoms with E-state index in [0.29, 0.717) is 41.9 Å². The van der Waals surface area contributed by atoms with Crippen LogP contribution in [0.25, 0.3) is 21.8 Å². The van der Waals surface area contributed by atoms with E-state index >= 15 is 0 Å². The number of guanidine groups is 1. The molecule has 6 aromatic rings. The number of carbonyl (C=O) groups excluding carboxylic acids is 10. The summed E-state index contributed by atoms with van der Waals surface area (Å²) in [7, 11) is 0. The number of aliphatic hydroxyl groups excluding tert-OH is 1. The minimum absolute atomic E-state index is 0.0221. The zero-order valence-corrected chi connectivity index (χ0v) is 50.9. The predicted molar refractivity (Wildman–Crippen MR) is 333 cm³/mol. The normalized spacial score (nSPS) is 16.9. The Balaban J connectivity index is 1.02. The van der Waals surface area contributed by atoms with E-state index < -0.39 is 108 Å². The molecular weight excluding hydrogens is 1170 g/mol. The molecule has 2 saturated heterocycles. The number of aliphatic imine (C=N–C) groups is 1. The molecule has 30 heteroatoms. The van der Waals surface area contributed by atoms with E-state index in [0.717, 1.165) is 21.8 Å². The molecule has 0 radical (unpaired) electrons. The summed E-state index contributed by atoms with van der Waals surface area (Å²) in [5.74, 6) is -7.39. The average molecular weight is 1260 g/mol. The highest BCUT2D eigenvalue weighted by molar-refractivity contribution is 6.00. The van der Waals surface area contributed by atoms with Crippen molar-refractivity contribution in [2.45, 2.75) is 146 Å². The van der Waals surface area contributed by atoms with E-state index in [1.54, 1.807) is 25.4 Å². The number of benzene rings is 2. The maximum atomic E-state index is 14.9. The standard InChI is InChI=1S/C61H81N19O11/c1-4-66-59(90)50-16-10-20-80(50)60(91)43(15-9-19-67-61(62)63)73-54(85)45(22-34-26-68-40-13-7-5-11-38(34)40)75-53(84)44(21-33(2)3)74-56(87)48(25-37-29-65-32-71-37)78-58(89)49(30-81)79-55(86)46(23-35-27-69-41-14-8-6-12-39(35)41)76-57(88)47(24-36-28-64-31-70-36)77-52(83)42-17-18-51(82)72-42/h5-8,11-14,26-29,31-33,42-50,68-69,81H,4,9-10,15-25,30H2,1-3H3,(H,64,70)(H,65,71)(H,66,90)(H,72,82)(H,73,85)(H,74,87)(H,75,84)(H,76,88)(H,77,83)(H,78,89)(H,79,86)(H4,62,63,67)/t42-,43-,44+,45-,46-,47-,48-,49-,50-/m0/s1. The summed E-state index contributed by atoms with van der Waals surface area (Å²) < 4.78 is 0. The largest absolute Gasteiger partial charge is 0.394 e. The summed E-state index contributed by atoms with van der Waals surface area (Å²) in [6.45, 7) is 5.13. The van der Waals surface area contributed by atoms with E-state index in [1.807, 2.05) is 56.3 Å². The number of rotatable bonds is 32. The van der Waals surface area contributed by atoms with Crippen molar-refractivity contribution in [2.24, 2.45) is 22.4 Å². The van der Waals surface area contributed by atoms with Gasteiger partial charge < -0.3 is 89.3 Å². The first kappa shape index (κ1) is 66.8. The molecule has 10 amide bonds. The molecule has 486 valence electrons. The fourth-order valence-corrected chi connectivity index (χ4v) is 11.3. The highest BCUT2D eigenvalue weighted by Crippen LogP contribution is 2.24. The van der Waals surface area contributed by atoms with Crippen LogP contribution >= 0.6 is 0 Å². The zero-order valence-electron chi connectivity index (χ0n) is 50.9. The number of nitrogens with two attached hydrogens (primary N) is 2. The van der Waals surface area contributed by atoms with Gasteiger partial charge in [0.25, 0.3) is 0 Å². The van der Waals surface area contributed by atoms with Crippen LogP contribution in [0, 0.1) is 5.92 Å². The maximum Gasteiger partial charge on any atom is 0.245 e. The number of hydrogen-bond acceptors (Lipinski definition) is 14. The maximum absolute atomic E-state index is 14.9. The lowest BCUT2D eigenvalue weighted by Crippen LogP contribution is -2.61. The number of para-hydroxylation sites is 2. The summed E-state index contributed by atoms with van der Waals surface area (Å²) in [5, 5.41) is 36.7. The number of nitrogens with zero attached hydrogens (tertiary/aromatic N) is 4. The molecule has 30 nitrogen and oxygen atoms in total. The number of likely N-dealkylation sites (N-methyl/N-ethyl adjacent to an activating group) is 1. The fourth-order valence-electron chi connectivity index (χ4n) is 11.3. The second kappa shape index (κ2) is 31.9. The topological polar surface area (TPSA) is 456 Å². The van der Waals surface area contributed by atoms with Crippen LogP contribution in [0.3, 0.4) is 0 Å². The van der Waals surface area contributed by atoms with Crippen LogP contribution in [-0.4, -0.2) is 186 Å². The predicted octanol–water partition coefficient (Wildman–Crippen LogP) is -1.74. The zero-order chi connectivity index (χ0) is 65.1. The second-order valence-corrected chi connectivity index (χ2v) is 23.1. The molecule has 0 unspecified atom stereocenters. The molecule has 8 rings (SSSR count). The number of carbonyl (C=O) groups is 10. The first-order chi connectivity index (χ1) is 43.8. The number of amides is 10. The second-order valence-electron chi connectivity index (χ2n) is 23.1. The third-order valence-corrected chi connectivity index (χ3v) is 15.9. The van der Waals surface area contributed by atoms with Gasteiger partial charge in [0.2, 0.25) is 59.1 Å². The molecule has 0 saturated carbocycles. The van der Waals surface area contributed by atoms with Crippen LogP contribution < -0.4 is 59.3 Å². The molecule has 18 N–H and O–H groups in total. The molecule has 2 aliphatic heterocycles. The van der Waals surface area contributed by atoms with Crippen molar-refractivity contribution in [3.8, 4) is 0 Å². The Bertz CT molecular complexity index is 3540. The summed E-state index contributed by atoms with van der Waals surface area (Å²) >= 11 is 0. The van der Waals surface area contributed by atoms with E-state index in [2.05, 4.69) is 82.7 Å². The number of H-pyrrole nitrogens is 4. The first-order valence-corrected chi connectivity index (χ1v) is 30.5.